The molecule has 0 bridgehead atoms. The lowest BCUT2D eigenvalue weighted by molar-refractivity contribution is 0.251. The van der Waals surface area contributed by atoms with Crippen molar-refractivity contribution in [3.63, 3.8) is 0 Å². The smallest absolute Gasteiger partial charge is 0.319 e. The highest BCUT2D eigenvalue weighted by molar-refractivity contribution is 5.89. The van der Waals surface area contributed by atoms with Gasteiger partial charge in [0.05, 0.1) is 6.33 Å². The maximum Gasteiger partial charge on any atom is 0.319 e. The van der Waals surface area contributed by atoms with Gasteiger partial charge in [0.1, 0.15) is 0 Å². The van der Waals surface area contributed by atoms with Gasteiger partial charge in [-0.15, -0.1) is 0 Å². The zero-order valence-electron chi connectivity index (χ0n) is 10.5. The Balaban J connectivity index is 1.77. The lowest BCUT2D eigenvalue weighted by Gasteiger charge is -2.08. The number of carbonyl (C=O) groups excluding carboxylic acids is 1. The molecule has 6 nitrogen and oxygen atoms in total. The van der Waals surface area contributed by atoms with E-state index in [-0.39, 0.29) is 6.03 Å². The van der Waals surface area contributed by atoms with Crippen LogP contribution in [-0.4, -0.2) is 22.1 Å². The van der Waals surface area contributed by atoms with E-state index in [9.17, 15) is 4.79 Å². The summed E-state index contributed by atoms with van der Waals surface area (Å²) in [5, 5.41) is 5.54. The van der Waals surface area contributed by atoms with Gasteiger partial charge in [0.2, 0.25) is 0 Å². The fraction of sp³-hybridized carbons (Fsp3) is 0.231. The van der Waals surface area contributed by atoms with Crippen molar-refractivity contribution in [3.8, 4) is 0 Å². The first-order valence-electron chi connectivity index (χ1n) is 6.07. The zero-order chi connectivity index (χ0) is 13.5. The predicted molar refractivity (Wildman–Crippen MR) is 73.6 cm³/mol. The first-order valence-corrected chi connectivity index (χ1v) is 6.07. The van der Waals surface area contributed by atoms with Crippen LogP contribution in [0, 0.1) is 0 Å². The van der Waals surface area contributed by atoms with E-state index in [1.807, 2.05) is 35.0 Å². The minimum Gasteiger partial charge on any atom is -0.336 e. The molecule has 6 heteroatoms. The molecule has 1 aromatic heterocycles. The number of nitrogens with one attached hydrogen (secondary N) is 2. The molecule has 0 spiro atoms. The summed E-state index contributed by atoms with van der Waals surface area (Å²) in [7, 11) is 0. The average Bonchev–Trinajstić information content (AvgIpc) is 2.92. The minimum atomic E-state index is -0.228. The van der Waals surface area contributed by atoms with Crippen LogP contribution in [0.1, 0.15) is 5.56 Å². The molecule has 0 saturated carbocycles. The lowest BCUT2D eigenvalue weighted by Crippen LogP contribution is -2.31. The molecule has 0 aliphatic heterocycles. The number of aromatic nitrogens is 2. The Morgan fingerprint density at radius 3 is 3.05 bits per heavy atom. The van der Waals surface area contributed by atoms with Crippen LogP contribution in [0.25, 0.3) is 0 Å². The third-order valence-corrected chi connectivity index (χ3v) is 2.64. The Labute approximate surface area is 111 Å². The van der Waals surface area contributed by atoms with Crippen LogP contribution < -0.4 is 16.4 Å². The van der Waals surface area contributed by atoms with Crippen molar-refractivity contribution in [2.24, 2.45) is 5.73 Å². The lowest BCUT2D eigenvalue weighted by atomic mass is 10.2. The van der Waals surface area contributed by atoms with Crippen molar-refractivity contribution in [1.29, 1.82) is 0 Å². The van der Waals surface area contributed by atoms with E-state index < -0.39 is 0 Å². The number of benzene rings is 1. The first-order chi connectivity index (χ1) is 9.28. The number of nitrogens with zero attached hydrogens (tertiary/aromatic N) is 2. The van der Waals surface area contributed by atoms with E-state index in [1.165, 1.54) is 0 Å². The number of urea groups is 1. The SMILES string of the molecule is NCc1cccc(NC(=O)NCCn2ccnc2)c1. The van der Waals surface area contributed by atoms with Crippen LogP contribution in [0.15, 0.2) is 43.0 Å². The molecule has 0 unspecified atom stereocenters. The Hall–Kier alpha value is -2.34. The molecule has 0 saturated heterocycles. The minimum absolute atomic E-state index is 0.228. The Kier molecular flexibility index (Phi) is 4.52. The molecule has 0 atom stereocenters. The van der Waals surface area contributed by atoms with Crippen molar-refractivity contribution in [2.75, 3.05) is 11.9 Å². The van der Waals surface area contributed by atoms with Crippen LogP contribution in [-0.2, 0) is 13.1 Å². The van der Waals surface area contributed by atoms with Crippen molar-refractivity contribution < 1.29 is 4.79 Å². The summed E-state index contributed by atoms with van der Waals surface area (Å²) in [6, 6.07) is 7.24. The zero-order valence-corrected chi connectivity index (χ0v) is 10.5. The van der Waals surface area contributed by atoms with Gasteiger partial charge in [0.15, 0.2) is 0 Å². The molecule has 1 heterocycles. The first kappa shape index (κ1) is 13.1. The standard InChI is InChI=1S/C13H17N5O/c14-9-11-2-1-3-12(8-11)17-13(19)16-5-7-18-6-4-15-10-18/h1-4,6,8,10H,5,7,9,14H2,(H2,16,17,19). The predicted octanol–water partition coefficient (Wildman–Crippen LogP) is 1.16. The summed E-state index contributed by atoms with van der Waals surface area (Å²) in [4.78, 5) is 15.6. The summed E-state index contributed by atoms with van der Waals surface area (Å²) in [6.45, 7) is 1.69. The third-order valence-electron chi connectivity index (χ3n) is 2.64. The van der Waals surface area contributed by atoms with Crippen molar-refractivity contribution >= 4 is 11.7 Å². The molecule has 4 N–H and O–H groups in total. The van der Waals surface area contributed by atoms with Gasteiger partial charge in [0, 0.05) is 37.7 Å². The van der Waals surface area contributed by atoms with Crippen LogP contribution in [0.4, 0.5) is 10.5 Å². The number of anilines is 1. The van der Waals surface area contributed by atoms with E-state index in [0.29, 0.717) is 19.6 Å². The highest BCUT2D eigenvalue weighted by atomic mass is 16.2. The highest BCUT2D eigenvalue weighted by Gasteiger charge is 2.01. The molecule has 0 aliphatic carbocycles. The maximum absolute atomic E-state index is 11.7. The maximum atomic E-state index is 11.7. The van der Waals surface area contributed by atoms with Crippen LogP contribution in [0.3, 0.4) is 0 Å². The summed E-state index contributed by atoms with van der Waals surface area (Å²) in [5.74, 6) is 0. The van der Waals surface area contributed by atoms with Gasteiger partial charge in [-0.1, -0.05) is 12.1 Å². The van der Waals surface area contributed by atoms with Gasteiger partial charge in [-0.2, -0.15) is 0 Å². The number of imidazole rings is 1. The molecule has 0 fully saturated rings. The largest absolute Gasteiger partial charge is 0.336 e. The molecular weight excluding hydrogens is 242 g/mol. The average molecular weight is 259 g/mol. The van der Waals surface area contributed by atoms with Gasteiger partial charge in [-0.05, 0) is 17.7 Å². The van der Waals surface area contributed by atoms with E-state index in [1.54, 1.807) is 12.5 Å². The fourth-order valence-electron chi connectivity index (χ4n) is 1.67. The monoisotopic (exact) mass is 259 g/mol. The second-order valence-electron chi connectivity index (χ2n) is 4.09. The summed E-state index contributed by atoms with van der Waals surface area (Å²) in [5.41, 5.74) is 7.27. The van der Waals surface area contributed by atoms with Crippen LogP contribution in [0.2, 0.25) is 0 Å². The Bertz CT molecular complexity index is 524. The third kappa shape index (κ3) is 4.11. The van der Waals surface area contributed by atoms with Crippen molar-refractivity contribution in [2.45, 2.75) is 13.1 Å². The number of carbonyl (C=O) groups is 1. The van der Waals surface area contributed by atoms with Crippen LogP contribution in [0.5, 0.6) is 0 Å². The van der Waals surface area contributed by atoms with Gasteiger partial charge < -0.3 is 20.9 Å². The Morgan fingerprint density at radius 2 is 2.32 bits per heavy atom. The van der Waals surface area contributed by atoms with Gasteiger partial charge in [-0.25, -0.2) is 9.78 Å². The number of hydrogen-bond acceptors (Lipinski definition) is 3. The number of rotatable bonds is 5. The summed E-state index contributed by atoms with van der Waals surface area (Å²) in [6.07, 6.45) is 5.27. The van der Waals surface area contributed by atoms with Gasteiger partial charge in [-0.3, -0.25) is 0 Å². The van der Waals surface area contributed by atoms with E-state index in [4.69, 9.17) is 5.73 Å². The van der Waals surface area contributed by atoms with E-state index in [2.05, 4.69) is 15.6 Å². The molecule has 1 aromatic carbocycles. The number of nitrogens with two attached hydrogens (primary N) is 1. The summed E-state index contributed by atoms with van der Waals surface area (Å²) < 4.78 is 1.90. The van der Waals surface area contributed by atoms with E-state index in [0.717, 1.165) is 11.3 Å². The molecule has 2 rings (SSSR count). The Morgan fingerprint density at radius 1 is 1.42 bits per heavy atom. The van der Waals surface area contributed by atoms with Crippen molar-refractivity contribution in [1.82, 2.24) is 14.9 Å². The number of hydrogen-bond donors (Lipinski definition) is 3. The van der Waals surface area contributed by atoms with Crippen LogP contribution >= 0.6 is 0 Å². The van der Waals surface area contributed by atoms with E-state index >= 15 is 0 Å². The van der Waals surface area contributed by atoms with Crippen molar-refractivity contribution in [3.05, 3.63) is 48.5 Å². The highest BCUT2D eigenvalue weighted by Crippen LogP contribution is 2.09. The molecule has 0 radical (unpaired) electrons. The topological polar surface area (TPSA) is 85.0 Å². The number of amides is 2. The second kappa shape index (κ2) is 6.55. The molecule has 2 aromatic rings. The molecule has 0 aliphatic rings. The molecular formula is C13H17N5O. The molecule has 19 heavy (non-hydrogen) atoms. The fourth-order valence-corrected chi connectivity index (χ4v) is 1.67. The normalized spacial score (nSPS) is 10.2. The molecule has 100 valence electrons. The quantitative estimate of drug-likeness (QED) is 0.753. The molecule has 2 amide bonds. The van der Waals surface area contributed by atoms with Gasteiger partial charge >= 0.3 is 6.03 Å². The van der Waals surface area contributed by atoms with Gasteiger partial charge in [0.25, 0.3) is 0 Å². The summed E-state index contributed by atoms with van der Waals surface area (Å²) >= 11 is 0. The second-order valence-corrected chi connectivity index (χ2v) is 4.09.